The average molecular weight is 262 g/mol. The molecular weight excluding hydrogens is 250 g/mol. The third-order valence-corrected chi connectivity index (χ3v) is 3.51. The molecule has 0 unspecified atom stereocenters. The quantitative estimate of drug-likeness (QED) is 0.858. The van der Waals surface area contributed by atoms with Crippen LogP contribution in [0.2, 0.25) is 5.02 Å². The molecule has 1 aromatic heterocycles. The normalized spacial score (nSPS) is 18.3. The predicted octanol–water partition coefficient (Wildman–Crippen LogP) is 2.55. The summed E-state index contributed by atoms with van der Waals surface area (Å²) in [5.41, 5.74) is 2.14. The lowest BCUT2D eigenvalue weighted by atomic mass is 9.87. The zero-order valence-corrected chi connectivity index (χ0v) is 10.6. The van der Waals surface area contributed by atoms with Crippen molar-refractivity contribution in [3.8, 4) is 0 Å². The van der Waals surface area contributed by atoms with Crippen molar-refractivity contribution in [2.45, 2.75) is 12.3 Å². The van der Waals surface area contributed by atoms with Crippen LogP contribution >= 0.6 is 11.6 Å². The standard InChI is InChI=1S/C13H12ClN3O/c1-17-13-11(7-15-17)10(6-12(18)16-13)8-2-4-9(14)5-3-8/h2-5,7,10H,6H2,1H3,(H,16,18)/t10-/m0/s1. The molecule has 1 aliphatic rings. The molecule has 1 aromatic carbocycles. The molecule has 18 heavy (non-hydrogen) atoms. The van der Waals surface area contributed by atoms with Crippen LogP contribution in [0.25, 0.3) is 0 Å². The average Bonchev–Trinajstić information content (AvgIpc) is 2.71. The Morgan fingerprint density at radius 1 is 1.39 bits per heavy atom. The zero-order valence-electron chi connectivity index (χ0n) is 9.85. The van der Waals surface area contributed by atoms with Crippen molar-refractivity contribution in [2.75, 3.05) is 5.32 Å². The van der Waals surface area contributed by atoms with Gasteiger partial charge in [0.05, 0.1) is 6.20 Å². The Kier molecular flexibility index (Phi) is 2.59. The molecule has 3 rings (SSSR count). The topological polar surface area (TPSA) is 46.9 Å². The van der Waals surface area contributed by atoms with Crippen LogP contribution in [-0.2, 0) is 11.8 Å². The van der Waals surface area contributed by atoms with E-state index in [0.717, 1.165) is 16.9 Å². The molecule has 1 amide bonds. The zero-order chi connectivity index (χ0) is 12.7. The highest BCUT2D eigenvalue weighted by Crippen LogP contribution is 2.36. The van der Waals surface area contributed by atoms with Crippen LogP contribution in [-0.4, -0.2) is 15.7 Å². The van der Waals surface area contributed by atoms with E-state index in [1.807, 2.05) is 37.5 Å². The number of halogens is 1. The molecule has 5 heteroatoms. The number of hydrogen-bond donors (Lipinski definition) is 1. The summed E-state index contributed by atoms with van der Waals surface area (Å²) in [7, 11) is 1.82. The molecular formula is C13H12ClN3O. The van der Waals surface area contributed by atoms with Crippen molar-refractivity contribution >= 4 is 23.3 Å². The van der Waals surface area contributed by atoms with E-state index in [0.29, 0.717) is 11.4 Å². The number of nitrogens with zero attached hydrogens (tertiary/aromatic N) is 2. The van der Waals surface area contributed by atoms with Crippen molar-refractivity contribution in [3.63, 3.8) is 0 Å². The number of rotatable bonds is 1. The number of nitrogens with one attached hydrogen (secondary N) is 1. The molecule has 92 valence electrons. The van der Waals surface area contributed by atoms with E-state index in [1.165, 1.54) is 0 Å². The van der Waals surface area contributed by atoms with E-state index in [1.54, 1.807) is 4.68 Å². The van der Waals surface area contributed by atoms with E-state index in [-0.39, 0.29) is 11.8 Å². The van der Waals surface area contributed by atoms with Gasteiger partial charge in [-0.2, -0.15) is 5.10 Å². The van der Waals surface area contributed by atoms with Gasteiger partial charge in [0.1, 0.15) is 5.82 Å². The molecule has 0 saturated heterocycles. The largest absolute Gasteiger partial charge is 0.311 e. The van der Waals surface area contributed by atoms with Crippen LogP contribution in [0.15, 0.2) is 30.5 Å². The third kappa shape index (κ3) is 1.78. The van der Waals surface area contributed by atoms with Gasteiger partial charge < -0.3 is 5.32 Å². The summed E-state index contributed by atoms with van der Waals surface area (Å²) < 4.78 is 1.69. The van der Waals surface area contributed by atoms with E-state index >= 15 is 0 Å². The van der Waals surface area contributed by atoms with Gasteiger partial charge in [-0.3, -0.25) is 9.48 Å². The Bertz CT molecular complexity index is 603. The van der Waals surface area contributed by atoms with Gasteiger partial charge in [0.15, 0.2) is 0 Å². The van der Waals surface area contributed by atoms with Crippen LogP contribution < -0.4 is 5.32 Å². The van der Waals surface area contributed by atoms with Crippen molar-refractivity contribution in [1.29, 1.82) is 0 Å². The fourth-order valence-electron chi connectivity index (χ4n) is 2.33. The van der Waals surface area contributed by atoms with Crippen molar-refractivity contribution < 1.29 is 4.79 Å². The highest BCUT2D eigenvalue weighted by Gasteiger charge is 2.29. The van der Waals surface area contributed by atoms with Gasteiger partial charge in [-0.15, -0.1) is 0 Å². The molecule has 0 aliphatic carbocycles. The lowest BCUT2D eigenvalue weighted by molar-refractivity contribution is -0.116. The number of aryl methyl sites for hydroxylation is 1. The second-order valence-electron chi connectivity index (χ2n) is 4.43. The second kappa shape index (κ2) is 4.14. The minimum Gasteiger partial charge on any atom is -0.311 e. The molecule has 1 aliphatic heterocycles. The first-order valence-electron chi connectivity index (χ1n) is 5.72. The van der Waals surface area contributed by atoms with Crippen LogP contribution in [0, 0.1) is 0 Å². The molecule has 0 spiro atoms. The van der Waals surface area contributed by atoms with Crippen LogP contribution in [0.5, 0.6) is 0 Å². The molecule has 2 aromatic rings. The van der Waals surface area contributed by atoms with Gasteiger partial charge in [0.25, 0.3) is 0 Å². The first-order valence-corrected chi connectivity index (χ1v) is 6.10. The number of hydrogen-bond acceptors (Lipinski definition) is 2. The van der Waals surface area contributed by atoms with E-state index < -0.39 is 0 Å². The molecule has 2 heterocycles. The monoisotopic (exact) mass is 261 g/mol. The summed E-state index contributed by atoms with van der Waals surface area (Å²) in [5.74, 6) is 0.858. The molecule has 0 saturated carbocycles. The smallest absolute Gasteiger partial charge is 0.226 e. The Hall–Kier alpha value is -1.81. The first-order chi connectivity index (χ1) is 8.65. The van der Waals surface area contributed by atoms with Crippen molar-refractivity contribution in [2.24, 2.45) is 7.05 Å². The summed E-state index contributed by atoms with van der Waals surface area (Å²) in [5, 5.41) is 7.76. The van der Waals surface area contributed by atoms with Gasteiger partial charge in [-0.25, -0.2) is 0 Å². The molecule has 4 nitrogen and oxygen atoms in total. The molecule has 0 bridgehead atoms. The number of benzene rings is 1. The SMILES string of the molecule is Cn1ncc2c1NC(=O)C[C@H]2c1ccc(Cl)cc1. The molecule has 1 N–H and O–H groups in total. The molecule has 1 atom stereocenters. The lowest BCUT2D eigenvalue weighted by Crippen LogP contribution is -2.24. The predicted molar refractivity (Wildman–Crippen MR) is 69.7 cm³/mol. The van der Waals surface area contributed by atoms with Gasteiger partial charge in [-0.1, -0.05) is 23.7 Å². The Balaban J connectivity index is 2.07. The van der Waals surface area contributed by atoms with Crippen molar-refractivity contribution in [3.05, 3.63) is 46.6 Å². The van der Waals surface area contributed by atoms with Crippen LogP contribution in [0.4, 0.5) is 5.82 Å². The number of fused-ring (bicyclic) bond motifs is 1. The third-order valence-electron chi connectivity index (χ3n) is 3.26. The number of aromatic nitrogens is 2. The maximum atomic E-state index is 11.7. The summed E-state index contributed by atoms with van der Waals surface area (Å²) >= 11 is 5.89. The van der Waals surface area contributed by atoms with Crippen molar-refractivity contribution in [1.82, 2.24) is 9.78 Å². The Morgan fingerprint density at radius 2 is 2.11 bits per heavy atom. The number of carbonyl (C=O) groups is 1. The lowest BCUT2D eigenvalue weighted by Gasteiger charge is -2.23. The summed E-state index contributed by atoms with van der Waals surface area (Å²) in [4.78, 5) is 11.7. The van der Waals surface area contributed by atoms with E-state index in [2.05, 4.69) is 10.4 Å². The number of carbonyl (C=O) groups excluding carboxylic acids is 1. The van der Waals surface area contributed by atoms with Crippen LogP contribution in [0.1, 0.15) is 23.5 Å². The van der Waals surface area contributed by atoms with Gasteiger partial charge in [0, 0.05) is 30.0 Å². The summed E-state index contributed by atoms with van der Waals surface area (Å²) in [6.07, 6.45) is 2.26. The van der Waals surface area contributed by atoms with Crippen LogP contribution in [0.3, 0.4) is 0 Å². The minimum absolute atomic E-state index is 0.0195. The Labute approximate surface area is 110 Å². The highest BCUT2D eigenvalue weighted by molar-refractivity contribution is 6.30. The highest BCUT2D eigenvalue weighted by atomic mass is 35.5. The number of amides is 1. The van der Waals surface area contributed by atoms with Gasteiger partial charge in [-0.05, 0) is 17.7 Å². The van der Waals surface area contributed by atoms with E-state index in [9.17, 15) is 4.79 Å². The summed E-state index contributed by atoms with van der Waals surface area (Å²) in [6.45, 7) is 0. The molecule has 0 radical (unpaired) electrons. The Morgan fingerprint density at radius 3 is 2.83 bits per heavy atom. The van der Waals surface area contributed by atoms with E-state index in [4.69, 9.17) is 11.6 Å². The minimum atomic E-state index is 0.0195. The number of anilines is 1. The second-order valence-corrected chi connectivity index (χ2v) is 4.86. The fourth-order valence-corrected chi connectivity index (χ4v) is 2.46. The van der Waals surface area contributed by atoms with Gasteiger partial charge >= 0.3 is 0 Å². The maximum Gasteiger partial charge on any atom is 0.226 e. The van der Waals surface area contributed by atoms with Gasteiger partial charge in [0.2, 0.25) is 5.91 Å². The summed E-state index contributed by atoms with van der Waals surface area (Å²) in [6, 6.07) is 7.61. The maximum absolute atomic E-state index is 11.7. The molecule has 0 fully saturated rings. The fraction of sp³-hybridized carbons (Fsp3) is 0.231. The first kappa shape index (κ1) is 11.3.